The third kappa shape index (κ3) is 5.93. The van der Waals surface area contributed by atoms with Crippen molar-refractivity contribution < 1.29 is 19.5 Å². The lowest BCUT2D eigenvalue weighted by atomic mass is 9.85. The van der Waals surface area contributed by atoms with Crippen LogP contribution in [0.4, 0.5) is 0 Å². The first kappa shape index (κ1) is 24.1. The number of aliphatic hydroxyl groups excluding tert-OH is 1. The van der Waals surface area contributed by atoms with Crippen LogP contribution in [-0.2, 0) is 14.4 Å². The topological polar surface area (TPSA) is 125 Å². The van der Waals surface area contributed by atoms with Crippen LogP contribution in [0.15, 0.2) is 24.3 Å². The fourth-order valence-electron chi connectivity index (χ4n) is 3.48. The van der Waals surface area contributed by atoms with E-state index in [2.05, 4.69) is 10.6 Å². The van der Waals surface area contributed by atoms with Crippen molar-refractivity contribution in [3.8, 4) is 0 Å². The highest BCUT2D eigenvalue weighted by Crippen LogP contribution is 2.27. The van der Waals surface area contributed by atoms with Gasteiger partial charge < -0.3 is 26.4 Å². The number of rotatable bonds is 6. The van der Waals surface area contributed by atoms with Gasteiger partial charge in [0.05, 0.1) is 18.7 Å². The largest absolute Gasteiger partial charge is 0.391 e. The maximum absolute atomic E-state index is 13.3. The van der Waals surface area contributed by atoms with Crippen molar-refractivity contribution in [1.29, 1.82) is 0 Å². The van der Waals surface area contributed by atoms with Gasteiger partial charge in [-0.25, -0.2) is 0 Å². The number of benzene rings is 1. The summed E-state index contributed by atoms with van der Waals surface area (Å²) in [4.78, 5) is 39.4. The summed E-state index contributed by atoms with van der Waals surface area (Å²) in [6, 6.07) is 5.10. The Balaban J connectivity index is 2.18. The lowest BCUT2D eigenvalue weighted by Gasteiger charge is -2.35. The molecule has 1 heterocycles. The van der Waals surface area contributed by atoms with E-state index in [-0.39, 0.29) is 31.5 Å². The molecule has 1 saturated heterocycles. The van der Waals surface area contributed by atoms with E-state index in [1.165, 1.54) is 4.90 Å². The van der Waals surface area contributed by atoms with E-state index >= 15 is 0 Å². The first-order chi connectivity index (χ1) is 13.9. The molecule has 1 aromatic rings. The van der Waals surface area contributed by atoms with Crippen molar-refractivity contribution in [3.63, 3.8) is 0 Å². The van der Waals surface area contributed by atoms with Crippen molar-refractivity contribution in [2.75, 3.05) is 13.1 Å². The number of amides is 3. The van der Waals surface area contributed by atoms with Crippen molar-refractivity contribution >= 4 is 29.3 Å². The summed E-state index contributed by atoms with van der Waals surface area (Å²) in [6.45, 7) is 7.06. The predicted molar refractivity (Wildman–Crippen MR) is 115 cm³/mol. The van der Waals surface area contributed by atoms with E-state index in [9.17, 15) is 19.5 Å². The Bertz CT molecular complexity index is 778. The number of nitrogens with zero attached hydrogens (tertiary/aromatic N) is 1. The van der Waals surface area contributed by atoms with Crippen molar-refractivity contribution in [1.82, 2.24) is 15.5 Å². The van der Waals surface area contributed by atoms with Gasteiger partial charge in [-0.05, 0) is 30.0 Å². The minimum Gasteiger partial charge on any atom is -0.391 e. The van der Waals surface area contributed by atoms with Gasteiger partial charge in [0.15, 0.2) is 0 Å². The molecule has 30 heavy (non-hydrogen) atoms. The molecule has 0 saturated carbocycles. The minimum absolute atomic E-state index is 0.0251. The van der Waals surface area contributed by atoms with Crippen molar-refractivity contribution in [2.45, 2.75) is 58.3 Å². The van der Waals surface area contributed by atoms with Crippen LogP contribution in [-0.4, -0.2) is 59.0 Å². The first-order valence-electron chi connectivity index (χ1n) is 9.97. The number of hydrogen-bond acceptors (Lipinski definition) is 5. The molecule has 1 fully saturated rings. The number of β-amino-alcohol motifs (C(OH)–C–C–N with tert-alkyl or cyclic N) is 1. The average Bonchev–Trinajstić information content (AvgIpc) is 3.06. The van der Waals surface area contributed by atoms with Gasteiger partial charge in [0.1, 0.15) is 12.1 Å². The molecule has 166 valence electrons. The Kier molecular flexibility index (Phi) is 7.85. The maximum atomic E-state index is 13.3. The van der Waals surface area contributed by atoms with Gasteiger partial charge in [0.2, 0.25) is 17.7 Å². The summed E-state index contributed by atoms with van der Waals surface area (Å²) in [5.74, 6) is -1.24. The average molecular weight is 439 g/mol. The number of likely N-dealkylation sites (tertiary alicyclic amines) is 1. The number of aliphatic hydroxyl groups is 1. The smallest absolute Gasteiger partial charge is 0.246 e. The van der Waals surface area contributed by atoms with Gasteiger partial charge in [0.25, 0.3) is 0 Å². The lowest BCUT2D eigenvalue weighted by Crippen LogP contribution is -2.58. The van der Waals surface area contributed by atoms with E-state index in [0.717, 1.165) is 5.56 Å². The third-order valence-electron chi connectivity index (χ3n) is 5.20. The molecular weight excluding hydrogens is 408 g/mol. The molecule has 0 aliphatic carbocycles. The van der Waals surface area contributed by atoms with Crippen molar-refractivity contribution in [2.24, 2.45) is 11.1 Å². The van der Waals surface area contributed by atoms with E-state index in [1.54, 1.807) is 12.1 Å². The molecule has 3 amide bonds. The Hall–Kier alpha value is -2.16. The molecule has 0 aromatic heterocycles. The van der Waals surface area contributed by atoms with E-state index in [4.69, 9.17) is 17.3 Å². The molecule has 2 rings (SSSR count). The Morgan fingerprint density at radius 2 is 1.83 bits per heavy atom. The normalized spacial score (nSPS) is 21.1. The summed E-state index contributed by atoms with van der Waals surface area (Å²) >= 11 is 5.91. The fraction of sp³-hybridized carbons (Fsp3) is 0.571. The molecule has 5 N–H and O–H groups in total. The molecule has 1 aromatic carbocycles. The molecule has 8 nitrogen and oxygen atoms in total. The monoisotopic (exact) mass is 438 g/mol. The molecular formula is C21H31ClN4O4. The number of hydrogen-bond donors (Lipinski definition) is 4. The van der Waals surface area contributed by atoms with E-state index < -0.39 is 35.4 Å². The van der Waals surface area contributed by atoms with Crippen molar-refractivity contribution in [3.05, 3.63) is 34.9 Å². The Morgan fingerprint density at radius 3 is 2.37 bits per heavy atom. The number of halogens is 1. The molecule has 0 bridgehead atoms. The quantitative estimate of drug-likeness (QED) is 0.526. The van der Waals surface area contributed by atoms with Gasteiger partial charge in [0, 0.05) is 18.0 Å². The van der Waals surface area contributed by atoms with E-state index in [1.807, 2.05) is 39.8 Å². The van der Waals surface area contributed by atoms with Gasteiger partial charge in [-0.2, -0.15) is 0 Å². The Morgan fingerprint density at radius 1 is 1.23 bits per heavy atom. The van der Waals surface area contributed by atoms with Crippen LogP contribution in [0.1, 0.15) is 45.7 Å². The maximum Gasteiger partial charge on any atom is 0.246 e. The van der Waals surface area contributed by atoms with Gasteiger partial charge in [-0.3, -0.25) is 14.4 Å². The van der Waals surface area contributed by atoms with Crippen LogP contribution >= 0.6 is 11.6 Å². The molecule has 4 atom stereocenters. The second-order valence-electron chi connectivity index (χ2n) is 8.75. The predicted octanol–water partition coefficient (Wildman–Crippen LogP) is 0.969. The molecule has 0 radical (unpaired) electrons. The number of carbonyl (C=O) groups is 3. The van der Waals surface area contributed by atoms with Crippen LogP contribution in [0.5, 0.6) is 0 Å². The van der Waals surface area contributed by atoms with Crippen LogP contribution in [0.25, 0.3) is 0 Å². The molecule has 4 unspecified atom stereocenters. The number of nitrogens with two attached hydrogens (primary N) is 1. The van der Waals surface area contributed by atoms with Crippen LogP contribution in [0, 0.1) is 5.41 Å². The van der Waals surface area contributed by atoms with Crippen LogP contribution in [0.2, 0.25) is 5.02 Å². The zero-order valence-corrected chi connectivity index (χ0v) is 18.6. The Labute approximate surface area is 182 Å². The standard InChI is InChI=1S/C21H31ClN4O4/c1-12(13-5-7-14(22)8-6-13)24-19(29)16-9-15(27)11-26(16)20(30)18(21(2,3)4)25-17(28)10-23/h5-8,12,15-16,18,27H,9-11,23H2,1-4H3,(H,24,29)(H,25,28). The van der Waals surface area contributed by atoms with Gasteiger partial charge >= 0.3 is 0 Å². The second-order valence-corrected chi connectivity index (χ2v) is 9.18. The SMILES string of the molecule is CC(NC(=O)C1CC(O)CN1C(=O)C(NC(=O)CN)C(C)(C)C)c1ccc(Cl)cc1. The molecule has 1 aliphatic heterocycles. The first-order valence-corrected chi connectivity index (χ1v) is 10.4. The lowest BCUT2D eigenvalue weighted by molar-refractivity contribution is -0.144. The summed E-state index contributed by atoms with van der Waals surface area (Å²) in [5, 5.41) is 16.3. The summed E-state index contributed by atoms with van der Waals surface area (Å²) < 4.78 is 0. The molecule has 9 heteroatoms. The summed E-state index contributed by atoms with van der Waals surface area (Å²) in [5.41, 5.74) is 5.65. The third-order valence-corrected chi connectivity index (χ3v) is 5.45. The zero-order valence-electron chi connectivity index (χ0n) is 17.8. The fourth-order valence-corrected chi connectivity index (χ4v) is 3.61. The van der Waals surface area contributed by atoms with Gasteiger partial charge in [-0.1, -0.05) is 44.5 Å². The van der Waals surface area contributed by atoms with E-state index in [0.29, 0.717) is 5.02 Å². The highest BCUT2D eigenvalue weighted by molar-refractivity contribution is 6.30. The number of carbonyl (C=O) groups excluding carboxylic acids is 3. The zero-order chi connectivity index (χ0) is 22.6. The highest BCUT2D eigenvalue weighted by atomic mass is 35.5. The van der Waals surface area contributed by atoms with Crippen LogP contribution in [0.3, 0.4) is 0 Å². The highest BCUT2D eigenvalue weighted by Gasteiger charge is 2.44. The summed E-state index contributed by atoms with van der Waals surface area (Å²) in [6.07, 6.45) is -0.687. The molecule has 0 spiro atoms. The second kappa shape index (κ2) is 9.76. The molecule has 1 aliphatic rings. The number of nitrogens with one attached hydrogen (secondary N) is 2. The van der Waals surface area contributed by atoms with Crippen LogP contribution < -0.4 is 16.4 Å². The van der Waals surface area contributed by atoms with Gasteiger partial charge in [-0.15, -0.1) is 0 Å². The summed E-state index contributed by atoms with van der Waals surface area (Å²) in [7, 11) is 0. The minimum atomic E-state index is -0.872.